The molecule has 0 saturated carbocycles. The van der Waals surface area contributed by atoms with Crippen LogP contribution in [0.4, 0.5) is 17.2 Å². The summed E-state index contributed by atoms with van der Waals surface area (Å²) in [4.78, 5) is 8.92. The molecule has 0 unspecified atom stereocenters. The third kappa shape index (κ3) is 2.00. The maximum atomic E-state index is 4.48. The number of hydrogen-bond donors (Lipinski definition) is 2. The van der Waals surface area contributed by atoms with E-state index >= 15 is 0 Å². The Kier molecular flexibility index (Phi) is 2.60. The first kappa shape index (κ1) is 11.7. The number of fused-ring (bicyclic) bond motifs is 2. The van der Waals surface area contributed by atoms with E-state index in [0.29, 0.717) is 0 Å². The van der Waals surface area contributed by atoms with Gasteiger partial charge in [-0.05, 0) is 43.2 Å². The van der Waals surface area contributed by atoms with E-state index in [0.717, 1.165) is 40.7 Å². The monoisotopic (exact) mass is 282 g/mol. The summed E-state index contributed by atoms with van der Waals surface area (Å²) in [5.74, 6) is 1.02. The van der Waals surface area contributed by atoms with Crippen LogP contribution in [0.25, 0.3) is 10.2 Å². The molecule has 5 heteroatoms. The summed E-state index contributed by atoms with van der Waals surface area (Å²) in [7, 11) is 0. The minimum absolute atomic E-state index is 0.984. The topological polar surface area (TPSA) is 49.8 Å². The molecule has 0 radical (unpaired) electrons. The SMILES string of the molecule is Cc1nc2ccc(Nc3cnc4c(c3)CCN4)cc2s1. The number of anilines is 3. The third-order valence-electron chi connectivity index (χ3n) is 3.44. The number of aryl methyl sites for hydroxylation is 1. The van der Waals surface area contributed by atoms with Gasteiger partial charge in [0.05, 0.1) is 27.1 Å². The van der Waals surface area contributed by atoms with E-state index in [4.69, 9.17) is 0 Å². The molecule has 0 saturated heterocycles. The lowest BCUT2D eigenvalue weighted by molar-refractivity contribution is 1.11. The van der Waals surface area contributed by atoms with Crippen LogP contribution in [0.2, 0.25) is 0 Å². The zero-order chi connectivity index (χ0) is 13.5. The molecule has 1 aliphatic rings. The van der Waals surface area contributed by atoms with Crippen molar-refractivity contribution in [3.63, 3.8) is 0 Å². The molecule has 0 spiro atoms. The number of thiazole rings is 1. The summed E-state index contributed by atoms with van der Waals surface area (Å²) in [6, 6.07) is 8.44. The van der Waals surface area contributed by atoms with Gasteiger partial charge in [0.2, 0.25) is 0 Å². The number of pyridine rings is 1. The van der Waals surface area contributed by atoms with Gasteiger partial charge in [-0.25, -0.2) is 9.97 Å². The molecule has 0 fully saturated rings. The molecule has 4 nitrogen and oxygen atoms in total. The molecule has 0 atom stereocenters. The Morgan fingerprint density at radius 2 is 2.20 bits per heavy atom. The van der Waals surface area contributed by atoms with Gasteiger partial charge in [0.1, 0.15) is 5.82 Å². The van der Waals surface area contributed by atoms with Crippen molar-refractivity contribution in [3.05, 3.63) is 41.0 Å². The largest absolute Gasteiger partial charge is 0.370 e. The van der Waals surface area contributed by atoms with Crippen LogP contribution in [0.15, 0.2) is 30.5 Å². The van der Waals surface area contributed by atoms with Crippen LogP contribution in [0.3, 0.4) is 0 Å². The Labute approximate surface area is 120 Å². The van der Waals surface area contributed by atoms with Gasteiger partial charge in [0, 0.05) is 12.2 Å². The molecular weight excluding hydrogens is 268 g/mol. The minimum atomic E-state index is 0.984. The highest BCUT2D eigenvalue weighted by Gasteiger charge is 2.11. The van der Waals surface area contributed by atoms with E-state index in [9.17, 15) is 0 Å². The normalized spacial score (nSPS) is 13.2. The first-order valence-corrected chi connectivity index (χ1v) is 7.46. The second-order valence-electron chi connectivity index (χ2n) is 4.95. The standard InChI is InChI=1S/C15H14N4S/c1-9-18-13-3-2-11(7-14(13)20-9)19-12-6-10-4-5-16-15(10)17-8-12/h2-3,6-8,19H,4-5H2,1H3,(H,16,17). The number of benzene rings is 1. The van der Waals surface area contributed by atoms with Crippen LogP contribution in [0, 0.1) is 6.92 Å². The molecule has 3 aromatic rings. The lowest BCUT2D eigenvalue weighted by Crippen LogP contribution is -1.94. The van der Waals surface area contributed by atoms with Gasteiger partial charge in [-0.3, -0.25) is 0 Å². The van der Waals surface area contributed by atoms with Gasteiger partial charge in [0.25, 0.3) is 0 Å². The van der Waals surface area contributed by atoms with E-state index in [2.05, 4.69) is 44.9 Å². The fraction of sp³-hybridized carbons (Fsp3) is 0.200. The molecular formula is C15H14N4S. The number of hydrogen-bond acceptors (Lipinski definition) is 5. The molecule has 3 heterocycles. The Morgan fingerprint density at radius 1 is 1.25 bits per heavy atom. The van der Waals surface area contributed by atoms with Crippen molar-refractivity contribution in [1.82, 2.24) is 9.97 Å². The Bertz CT molecular complexity index is 794. The van der Waals surface area contributed by atoms with E-state index in [-0.39, 0.29) is 0 Å². The average molecular weight is 282 g/mol. The van der Waals surface area contributed by atoms with E-state index in [1.54, 1.807) is 11.3 Å². The van der Waals surface area contributed by atoms with Gasteiger partial charge in [-0.1, -0.05) is 0 Å². The number of nitrogens with one attached hydrogen (secondary N) is 2. The first-order chi connectivity index (χ1) is 9.78. The van der Waals surface area contributed by atoms with Crippen molar-refractivity contribution in [2.24, 2.45) is 0 Å². The maximum absolute atomic E-state index is 4.48. The molecule has 2 aromatic heterocycles. The van der Waals surface area contributed by atoms with E-state index in [1.807, 2.05) is 13.1 Å². The summed E-state index contributed by atoms with van der Waals surface area (Å²) in [6.45, 7) is 3.02. The lowest BCUT2D eigenvalue weighted by atomic mass is 10.2. The summed E-state index contributed by atoms with van der Waals surface area (Å²) in [6.07, 6.45) is 2.92. The van der Waals surface area contributed by atoms with E-state index in [1.165, 1.54) is 10.3 Å². The summed E-state index contributed by atoms with van der Waals surface area (Å²) in [5, 5.41) is 7.80. The quantitative estimate of drug-likeness (QED) is 0.752. The zero-order valence-corrected chi connectivity index (χ0v) is 11.9. The smallest absolute Gasteiger partial charge is 0.129 e. The van der Waals surface area contributed by atoms with Gasteiger partial charge in [0.15, 0.2) is 0 Å². The van der Waals surface area contributed by atoms with Crippen molar-refractivity contribution in [3.8, 4) is 0 Å². The Hall–Kier alpha value is -2.14. The highest BCUT2D eigenvalue weighted by Crippen LogP contribution is 2.28. The van der Waals surface area contributed by atoms with Crippen molar-refractivity contribution < 1.29 is 0 Å². The third-order valence-corrected chi connectivity index (χ3v) is 4.37. The van der Waals surface area contributed by atoms with Crippen LogP contribution in [-0.2, 0) is 6.42 Å². The number of nitrogens with zero attached hydrogens (tertiary/aromatic N) is 2. The fourth-order valence-electron chi connectivity index (χ4n) is 2.53. The van der Waals surface area contributed by atoms with Crippen LogP contribution in [0.5, 0.6) is 0 Å². The van der Waals surface area contributed by atoms with Crippen molar-refractivity contribution in [2.75, 3.05) is 17.2 Å². The van der Waals surface area contributed by atoms with Crippen LogP contribution in [-0.4, -0.2) is 16.5 Å². The molecule has 20 heavy (non-hydrogen) atoms. The highest BCUT2D eigenvalue weighted by molar-refractivity contribution is 7.18. The maximum Gasteiger partial charge on any atom is 0.129 e. The van der Waals surface area contributed by atoms with Crippen LogP contribution >= 0.6 is 11.3 Å². The van der Waals surface area contributed by atoms with Gasteiger partial charge >= 0.3 is 0 Å². The van der Waals surface area contributed by atoms with Gasteiger partial charge in [-0.2, -0.15) is 0 Å². The Morgan fingerprint density at radius 3 is 3.15 bits per heavy atom. The molecule has 2 N–H and O–H groups in total. The molecule has 1 aromatic carbocycles. The molecule has 0 aliphatic carbocycles. The fourth-order valence-corrected chi connectivity index (χ4v) is 3.39. The van der Waals surface area contributed by atoms with Crippen LogP contribution < -0.4 is 10.6 Å². The molecule has 100 valence electrons. The molecule has 4 rings (SSSR count). The van der Waals surface area contributed by atoms with Gasteiger partial charge < -0.3 is 10.6 Å². The molecule has 0 amide bonds. The summed E-state index contributed by atoms with van der Waals surface area (Å²) in [5.41, 5.74) is 4.46. The van der Waals surface area contributed by atoms with Crippen molar-refractivity contribution in [2.45, 2.75) is 13.3 Å². The van der Waals surface area contributed by atoms with E-state index < -0.39 is 0 Å². The second-order valence-corrected chi connectivity index (χ2v) is 6.18. The molecule has 1 aliphatic heterocycles. The molecule has 0 bridgehead atoms. The predicted molar refractivity (Wildman–Crippen MR) is 84.1 cm³/mol. The first-order valence-electron chi connectivity index (χ1n) is 6.65. The zero-order valence-electron chi connectivity index (χ0n) is 11.1. The predicted octanol–water partition coefficient (Wildman–Crippen LogP) is 3.71. The Balaban J connectivity index is 1.66. The van der Waals surface area contributed by atoms with Crippen molar-refractivity contribution >= 4 is 38.7 Å². The summed E-state index contributed by atoms with van der Waals surface area (Å²) < 4.78 is 1.21. The average Bonchev–Trinajstić information content (AvgIpc) is 3.02. The lowest BCUT2D eigenvalue weighted by Gasteiger charge is -2.07. The summed E-state index contributed by atoms with van der Waals surface area (Å²) >= 11 is 1.72. The number of rotatable bonds is 2. The minimum Gasteiger partial charge on any atom is -0.370 e. The van der Waals surface area contributed by atoms with Crippen molar-refractivity contribution in [1.29, 1.82) is 0 Å². The van der Waals surface area contributed by atoms with Crippen LogP contribution in [0.1, 0.15) is 10.6 Å². The number of aromatic nitrogens is 2. The second kappa shape index (κ2) is 4.45. The van der Waals surface area contributed by atoms with Gasteiger partial charge in [-0.15, -0.1) is 11.3 Å². The highest BCUT2D eigenvalue weighted by atomic mass is 32.1.